The van der Waals surface area contributed by atoms with Gasteiger partial charge in [-0.15, -0.1) is 11.3 Å². The molecule has 10 heteroatoms. The molecule has 2 aliphatic rings. The molecular formula is C15H17N5O3S2. The molecule has 0 radical (unpaired) electrons. The summed E-state index contributed by atoms with van der Waals surface area (Å²) >= 11 is 1.41. The molecule has 0 aliphatic carbocycles. The van der Waals surface area contributed by atoms with Gasteiger partial charge in [-0.25, -0.2) is 23.4 Å². The molecule has 2 aromatic rings. The first-order chi connectivity index (χ1) is 11.9. The molecule has 132 valence electrons. The van der Waals surface area contributed by atoms with Gasteiger partial charge in [-0.2, -0.15) is 0 Å². The van der Waals surface area contributed by atoms with Crippen LogP contribution in [0.4, 0.5) is 5.95 Å². The van der Waals surface area contributed by atoms with E-state index in [0.29, 0.717) is 24.7 Å². The topological polar surface area (TPSA) is 96.4 Å². The number of hydrogen-bond acceptors (Lipinski definition) is 8. The smallest absolute Gasteiger partial charge is 0.273 e. The van der Waals surface area contributed by atoms with Crippen LogP contribution in [0.3, 0.4) is 0 Å². The van der Waals surface area contributed by atoms with Crippen molar-refractivity contribution in [1.29, 1.82) is 0 Å². The second kappa shape index (κ2) is 6.03. The SMILES string of the molecule is Cc1nc(C(=O)N2CCN(c3ncccn3)C3CS(=O)(=O)CC32)cs1. The minimum absolute atomic E-state index is 0.00972. The van der Waals surface area contributed by atoms with E-state index < -0.39 is 15.9 Å². The second-order valence-corrected chi connectivity index (χ2v) is 9.42. The Kier molecular flexibility index (Phi) is 3.95. The highest BCUT2D eigenvalue weighted by molar-refractivity contribution is 7.91. The third-order valence-corrected chi connectivity index (χ3v) is 7.06. The Hall–Kier alpha value is -2.07. The molecule has 25 heavy (non-hydrogen) atoms. The molecule has 4 rings (SSSR count). The molecule has 0 aromatic carbocycles. The highest BCUT2D eigenvalue weighted by Crippen LogP contribution is 2.30. The van der Waals surface area contributed by atoms with Crippen molar-refractivity contribution in [2.45, 2.75) is 19.0 Å². The monoisotopic (exact) mass is 379 g/mol. The molecule has 0 bridgehead atoms. The number of aryl methyl sites for hydroxylation is 1. The van der Waals surface area contributed by atoms with E-state index in [2.05, 4.69) is 15.0 Å². The predicted octanol–water partition coefficient (Wildman–Crippen LogP) is 0.370. The van der Waals surface area contributed by atoms with Gasteiger partial charge in [-0.1, -0.05) is 0 Å². The van der Waals surface area contributed by atoms with E-state index in [-0.39, 0.29) is 23.5 Å². The van der Waals surface area contributed by atoms with E-state index in [1.165, 1.54) is 11.3 Å². The summed E-state index contributed by atoms with van der Waals surface area (Å²) in [4.78, 5) is 29.1. The Balaban J connectivity index is 1.66. The molecule has 0 saturated carbocycles. The third-order valence-electron chi connectivity index (χ3n) is 4.58. The van der Waals surface area contributed by atoms with Crippen molar-refractivity contribution in [3.63, 3.8) is 0 Å². The number of sulfone groups is 1. The first-order valence-corrected chi connectivity index (χ1v) is 10.6. The predicted molar refractivity (Wildman–Crippen MR) is 93.5 cm³/mol. The molecule has 2 fully saturated rings. The molecule has 0 spiro atoms. The maximum Gasteiger partial charge on any atom is 0.273 e. The molecule has 2 aromatic heterocycles. The molecule has 2 atom stereocenters. The summed E-state index contributed by atoms with van der Waals surface area (Å²) in [7, 11) is -3.22. The van der Waals surface area contributed by atoms with E-state index in [0.717, 1.165) is 5.01 Å². The number of amides is 1. The number of rotatable bonds is 2. The fraction of sp³-hybridized carbons (Fsp3) is 0.467. The van der Waals surface area contributed by atoms with Crippen LogP contribution in [-0.4, -0.2) is 70.9 Å². The van der Waals surface area contributed by atoms with Gasteiger partial charge >= 0.3 is 0 Å². The maximum absolute atomic E-state index is 12.8. The normalized spacial score (nSPS) is 25.0. The third kappa shape index (κ3) is 2.99. The highest BCUT2D eigenvalue weighted by Gasteiger charge is 2.49. The van der Waals surface area contributed by atoms with Crippen LogP contribution in [0.2, 0.25) is 0 Å². The van der Waals surface area contributed by atoms with Gasteiger partial charge < -0.3 is 9.80 Å². The Morgan fingerprint density at radius 2 is 1.92 bits per heavy atom. The maximum atomic E-state index is 12.8. The summed E-state index contributed by atoms with van der Waals surface area (Å²) in [5.41, 5.74) is 0.384. The fourth-order valence-corrected chi connectivity index (χ4v) is 6.07. The lowest BCUT2D eigenvalue weighted by Gasteiger charge is -2.43. The summed E-state index contributed by atoms with van der Waals surface area (Å²) < 4.78 is 24.5. The van der Waals surface area contributed by atoms with Crippen LogP contribution in [0.25, 0.3) is 0 Å². The second-order valence-electron chi connectivity index (χ2n) is 6.20. The first kappa shape index (κ1) is 16.4. The van der Waals surface area contributed by atoms with E-state index in [9.17, 15) is 13.2 Å². The Bertz CT molecular complexity index is 899. The molecule has 8 nitrogen and oxygen atoms in total. The first-order valence-electron chi connectivity index (χ1n) is 7.92. The van der Waals surface area contributed by atoms with Crippen LogP contribution < -0.4 is 4.90 Å². The molecule has 4 heterocycles. The molecular weight excluding hydrogens is 362 g/mol. The van der Waals surface area contributed by atoms with Crippen molar-refractivity contribution in [2.24, 2.45) is 0 Å². The number of thiazole rings is 1. The standard InChI is InChI=1S/C15H17N5O3S2/c1-10-18-11(7-24-10)14(21)19-5-6-20(15-16-3-2-4-17-15)13-9-25(22,23)8-12(13)19/h2-4,7,12-13H,5-6,8-9H2,1H3. The highest BCUT2D eigenvalue weighted by atomic mass is 32.2. The molecule has 2 unspecified atom stereocenters. The lowest BCUT2D eigenvalue weighted by atomic mass is 10.0. The van der Waals surface area contributed by atoms with Gasteiger partial charge in [0.05, 0.1) is 28.6 Å². The zero-order valence-corrected chi connectivity index (χ0v) is 15.2. The van der Waals surface area contributed by atoms with E-state index in [4.69, 9.17) is 0 Å². The lowest BCUT2D eigenvalue weighted by molar-refractivity contribution is 0.0642. The zero-order chi connectivity index (χ0) is 17.6. The van der Waals surface area contributed by atoms with Crippen LogP contribution in [0.5, 0.6) is 0 Å². The molecule has 1 amide bonds. The Morgan fingerprint density at radius 3 is 2.60 bits per heavy atom. The molecule has 2 saturated heterocycles. The summed E-state index contributed by atoms with van der Waals surface area (Å²) in [5.74, 6) is 0.280. The van der Waals surface area contributed by atoms with E-state index in [1.807, 2.05) is 11.8 Å². The van der Waals surface area contributed by atoms with Crippen molar-refractivity contribution in [3.05, 3.63) is 34.5 Å². The van der Waals surface area contributed by atoms with Crippen molar-refractivity contribution in [3.8, 4) is 0 Å². The van der Waals surface area contributed by atoms with E-state index in [1.54, 1.807) is 28.7 Å². The van der Waals surface area contributed by atoms with Gasteiger partial charge in [-0.05, 0) is 13.0 Å². The number of anilines is 1. The van der Waals surface area contributed by atoms with Gasteiger partial charge in [-0.3, -0.25) is 4.79 Å². The van der Waals surface area contributed by atoms with Crippen LogP contribution in [-0.2, 0) is 9.84 Å². The average molecular weight is 379 g/mol. The average Bonchev–Trinajstić information content (AvgIpc) is 3.16. The summed E-state index contributed by atoms with van der Waals surface area (Å²) in [6, 6.07) is 0.985. The van der Waals surface area contributed by atoms with Gasteiger partial charge in [0.25, 0.3) is 5.91 Å². The quantitative estimate of drug-likeness (QED) is 0.744. The van der Waals surface area contributed by atoms with Crippen LogP contribution >= 0.6 is 11.3 Å². The largest absolute Gasteiger partial charge is 0.333 e. The van der Waals surface area contributed by atoms with Gasteiger partial charge in [0.1, 0.15) is 5.69 Å². The minimum Gasteiger partial charge on any atom is -0.333 e. The van der Waals surface area contributed by atoms with Crippen LogP contribution in [0.1, 0.15) is 15.5 Å². The number of aromatic nitrogens is 3. The summed E-state index contributed by atoms with van der Waals surface area (Å²) in [6.45, 7) is 2.76. The van der Waals surface area contributed by atoms with Gasteiger partial charge in [0, 0.05) is 30.9 Å². The molecule has 2 aliphatic heterocycles. The van der Waals surface area contributed by atoms with Crippen molar-refractivity contribution < 1.29 is 13.2 Å². The Morgan fingerprint density at radius 1 is 1.20 bits per heavy atom. The summed E-state index contributed by atoms with van der Waals surface area (Å²) in [6.07, 6.45) is 3.27. The van der Waals surface area contributed by atoms with Gasteiger partial charge in [0.15, 0.2) is 9.84 Å². The number of piperazine rings is 1. The van der Waals surface area contributed by atoms with Crippen molar-refractivity contribution >= 4 is 33.0 Å². The number of nitrogens with zero attached hydrogens (tertiary/aromatic N) is 5. The number of carbonyl (C=O) groups excluding carboxylic acids is 1. The number of fused-ring (bicyclic) bond motifs is 1. The number of carbonyl (C=O) groups is 1. The minimum atomic E-state index is -3.22. The Labute approximate surface area is 149 Å². The molecule has 0 N–H and O–H groups in total. The van der Waals surface area contributed by atoms with Crippen molar-refractivity contribution in [2.75, 3.05) is 29.5 Å². The van der Waals surface area contributed by atoms with Crippen LogP contribution in [0.15, 0.2) is 23.8 Å². The lowest BCUT2D eigenvalue weighted by Crippen LogP contribution is -2.61. The number of hydrogen-bond donors (Lipinski definition) is 0. The fourth-order valence-electron chi connectivity index (χ4n) is 3.50. The van der Waals surface area contributed by atoms with Crippen molar-refractivity contribution in [1.82, 2.24) is 19.9 Å². The zero-order valence-electron chi connectivity index (χ0n) is 13.6. The van der Waals surface area contributed by atoms with Gasteiger partial charge in [0.2, 0.25) is 5.95 Å². The van der Waals surface area contributed by atoms with E-state index >= 15 is 0 Å². The summed E-state index contributed by atoms with van der Waals surface area (Å²) in [5, 5.41) is 2.54. The van der Waals surface area contributed by atoms with Crippen LogP contribution in [0, 0.1) is 6.92 Å².